The summed E-state index contributed by atoms with van der Waals surface area (Å²) < 4.78 is 36.7. The Hall–Kier alpha value is -2.51. The molecule has 2 saturated heterocycles. The average Bonchev–Trinajstić information content (AvgIpc) is 3.33. The van der Waals surface area contributed by atoms with Gasteiger partial charge >= 0.3 is 7.82 Å². The van der Waals surface area contributed by atoms with Crippen molar-refractivity contribution in [3.05, 3.63) is 42.7 Å². The molecular weight excluding hydrogens is 455 g/mol. The van der Waals surface area contributed by atoms with Crippen molar-refractivity contribution in [1.29, 1.82) is 0 Å². The number of imidazole rings is 1. The quantitative estimate of drug-likeness (QED) is 0.446. The highest BCUT2D eigenvalue weighted by molar-refractivity contribution is 7.48. The number of aromatic nitrogens is 5. The van der Waals surface area contributed by atoms with Gasteiger partial charge in [0.25, 0.3) is 0 Å². The monoisotopic (exact) mass is 478 g/mol. The Balaban J connectivity index is 1.31. The number of nitrogens with zero attached hydrogens (tertiary/aromatic N) is 5. The van der Waals surface area contributed by atoms with Crippen LogP contribution in [0.2, 0.25) is 0 Å². The van der Waals surface area contributed by atoms with Crippen LogP contribution in [0, 0.1) is 0 Å². The fraction of sp³-hybridized carbons (Fsp3) is 0.474. The van der Waals surface area contributed by atoms with Gasteiger partial charge in [-0.2, -0.15) is 0 Å². The van der Waals surface area contributed by atoms with Crippen LogP contribution >= 0.6 is 7.82 Å². The van der Waals surface area contributed by atoms with E-state index in [1.807, 2.05) is 0 Å². The van der Waals surface area contributed by atoms with Crippen LogP contribution in [-0.2, 0) is 22.9 Å². The van der Waals surface area contributed by atoms with E-state index in [1.54, 1.807) is 24.5 Å². The fourth-order valence-corrected chi connectivity index (χ4v) is 5.36. The standard InChI is InChI=1S/C19H23N6O7P/c1-19(27)15(26)13(31-18(19)25-10-24-14-16(20)22-9-23-17(14)25)8-30-33(28)29-7-4-12(32-33)11-2-5-21-6-3-11/h2-3,5-6,9-10,12-13,15,18,26-27H,4,7-8H2,1H3,(H2,20,22,23)/t12-,13-,15-,18-,19-,33+/m1/s1. The van der Waals surface area contributed by atoms with Crippen LogP contribution in [0.25, 0.3) is 11.2 Å². The molecule has 0 unspecified atom stereocenters. The van der Waals surface area contributed by atoms with Gasteiger partial charge in [-0.05, 0) is 24.6 Å². The molecule has 0 aliphatic carbocycles. The third-order valence-corrected chi connectivity index (χ3v) is 7.23. The normalized spacial score (nSPS) is 34.6. The minimum Gasteiger partial charge on any atom is -0.387 e. The first kappa shape index (κ1) is 22.3. The summed E-state index contributed by atoms with van der Waals surface area (Å²) >= 11 is 0. The van der Waals surface area contributed by atoms with Crippen LogP contribution in [0.4, 0.5) is 5.82 Å². The maximum atomic E-state index is 13.0. The number of nitrogens with two attached hydrogens (primary N) is 1. The van der Waals surface area contributed by atoms with Gasteiger partial charge < -0.3 is 20.7 Å². The van der Waals surface area contributed by atoms with Crippen LogP contribution in [0.1, 0.15) is 31.2 Å². The van der Waals surface area contributed by atoms with Gasteiger partial charge in [0.1, 0.15) is 29.7 Å². The zero-order valence-corrected chi connectivity index (χ0v) is 18.5. The largest absolute Gasteiger partial charge is 0.475 e. The number of phosphoric acid groups is 1. The Morgan fingerprint density at radius 1 is 1.33 bits per heavy atom. The summed E-state index contributed by atoms with van der Waals surface area (Å²) in [5.41, 5.74) is 5.54. The molecule has 3 aromatic heterocycles. The highest BCUT2D eigenvalue weighted by Crippen LogP contribution is 2.57. The fourth-order valence-electron chi connectivity index (χ4n) is 3.97. The van der Waals surface area contributed by atoms with Crippen LogP contribution in [0.5, 0.6) is 0 Å². The zero-order valence-electron chi connectivity index (χ0n) is 17.6. The molecule has 0 spiro atoms. The van der Waals surface area contributed by atoms with Crippen molar-refractivity contribution >= 4 is 24.8 Å². The molecule has 6 atom stereocenters. The molecule has 0 saturated carbocycles. The second-order valence-corrected chi connectivity index (χ2v) is 9.64. The Bertz CT molecular complexity index is 1190. The Morgan fingerprint density at radius 3 is 2.91 bits per heavy atom. The SMILES string of the molecule is C[C@@]1(O)[C@H](O)[C@@H](CO[P@]2(=O)OCC[C@H](c3ccncc3)O2)O[C@H]1n1cnc2c(N)ncnc21. The molecule has 4 N–H and O–H groups in total. The molecule has 33 heavy (non-hydrogen) atoms. The lowest BCUT2D eigenvalue weighted by Gasteiger charge is -2.30. The average molecular weight is 478 g/mol. The smallest absolute Gasteiger partial charge is 0.387 e. The Morgan fingerprint density at radius 2 is 2.12 bits per heavy atom. The molecule has 2 fully saturated rings. The number of phosphoric ester groups is 1. The minimum absolute atomic E-state index is 0.167. The van der Waals surface area contributed by atoms with Gasteiger partial charge in [-0.25, -0.2) is 19.5 Å². The van der Waals surface area contributed by atoms with Crippen LogP contribution in [-0.4, -0.2) is 65.7 Å². The third kappa shape index (κ3) is 4.02. The summed E-state index contributed by atoms with van der Waals surface area (Å²) in [6, 6.07) is 3.52. The van der Waals surface area contributed by atoms with E-state index in [2.05, 4.69) is 19.9 Å². The number of pyridine rings is 1. The number of anilines is 1. The Labute approximate surface area is 188 Å². The first-order chi connectivity index (χ1) is 15.8. The molecule has 0 radical (unpaired) electrons. The summed E-state index contributed by atoms with van der Waals surface area (Å²) in [5, 5.41) is 21.7. The summed E-state index contributed by atoms with van der Waals surface area (Å²) in [5.74, 6) is 0.172. The summed E-state index contributed by atoms with van der Waals surface area (Å²) in [6.07, 6.45) is 2.40. The molecule has 2 aliphatic heterocycles. The Kier molecular flexibility index (Phi) is 5.65. The van der Waals surface area contributed by atoms with E-state index < -0.39 is 38.0 Å². The molecule has 5 heterocycles. The molecular formula is C19H23N6O7P. The second kappa shape index (κ2) is 8.37. The van der Waals surface area contributed by atoms with Crippen LogP contribution < -0.4 is 5.73 Å². The highest BCUT2D eigenvalue weighted by Gasteiger charge is 2.54. The molecule has 5 rings (SSSR count). The number of fused-ring (bicyclic) bond motifs is 1. The number of hydrogen-bond donors (Lipinski definition) is 3. The van der Waals surface area contributed by atoms with Crippen molar-refractivity contribution in [2.24, 2.45) is 0 Å². The van der Waals surface area contributed by atoms with E-state index in [1.165, 1.54) is 24.1 Å². The summed E-state index contributed by atoms with van der Waals surface area (Å²) in [4.78, 5) is 16.2. The van der Waals surface area contributed by atoms with Crippen molar-refractivity contribution in [3.63, 3.8) is 0 Å². The first-order valence-corrected chi connectivity index (χ1v) is 11.7. The first-order valence-electron chi connectivity index (χ1n) is 10.2. The molecule has 176 valence electrons. The van der Waals surface area contributed by atoms with Gasteiger partial charge in [0.05, 0.1) is 25.6 Å². The van der Waals surface area contributed by atoms with E-state index >= 15 is 0 Å². The number of aliphatic hydroxyl groups is 2. The van der Waals surface area contributed by atoms with Crippen molar-refractivity contribution in [2.45, 2.75) is 43.5 Å². The van der Waals surface area contributed by atoms with E-state index in [4.69, 9.17) is 24.0 Å². The molecule has 0 aromatic carbocycles. The van der Waals surface area contributed by atoms with Gasteiger partial charge in [-0.3, -0.25) is 23.1 Å². The predicted octanol–water partition coefficient (Wildman–Crippen LogP) is 1.12. The van der Waals surface area contributed by atoms with Gasteiger partial charge in [-0.1, -0.05) is 0 Å². The molecule has 14 heteroatoms. The van der Waals surface area contributed by atoms with E-state index in [0.29, 0.717) is 17.6 Å². The van der Waals surface area contributed by atoms with Crippen LogP contribution in [0.3, 0.4) is 0 Å². The molecule has 2 aliphatic rings. The highest BCUT2D eigenvalue weighted by atomic mass is 31.2. The van der Waals surface area contributed by atoms with Gasteiger partial charge in [0, 0.05) is 18.8 Å². The van der Waals surface area contributed by atoms with Gasteiger partial charge in [0.2, 0.25) is 0 Å². The molecule has 13 nitrogen and oxygen atoms in total. The maximum absolute atomic E-state index is 13.0. The van der Waals surface area contributed by atoms with Gasteiger partial charge in [0.15, 0.2) is 17.7 Å². The lowest BCUT2D eigenvalue weighted by molar-refractivity contribution is -0.0953. The molecule has 0 bridgehead atoms. The number of hydrogen-bond acceptors (Lipinski definition) is 12. The maximum Gasteiger partial charge on any atom is 0.475 e. The van der Waals surface area contributed by atoms with Crippen molar-refractivity contribution in [2.75, 3.05) is 18.9 Å². The predicted molar refractivity (Wildman–Crippen MR) is 112 cm³/mol. The number of nitrogen functional groups attached to an aromatic ring is 1. The lowest BCUT2D eigenvalue weighted by Crippen LogP contribution is -2.44. The molecule has 0 amide bonds. The summed E-state index contributed by atoms with van der Waals surface area (Å²) in [7, 11) is -3.93. The van der Waals surface area contributed by atoms with Crippen molar-refractivity contribution < 1.29 is 33.1 Å². The van der Waals surface area contributed by atoms with Crippen molar-refractivity contribution in [3.8, 4) is 0 Å². The second-order valence-electron chi connectivity index (χ2n) is 8.02. The molecule has 3 aromatic rings. The summed E-state index contributed by atoms with van der Waals surface area (Å²) in [6.45, 7) is 1.23. The number of rotatable bonds is 5. The van der Waals surface area contributed by atoms with E-state index in [9.17, 15) is 14.8 Å². The van der Waals surface area contributed by atoms with Crippen LogP contribution in [0.15, 0.2) is 37.2 Å². The minimum atomic E-state index is -3.93. The van der Waals surface area contributed by atoms with Gasteiger partial charge in [-0.15, -0.1) is 0 Å². The number of ether oxygens (including phenoxy) is 1. The van der Waals surface area contributed by atoms with E-state index in [-0.39, 0.29) is 19.0 Å². The topological polar surface area (TPSA) is 177 Å². The zero-order chi connectivity index (χ0) is 23.2. The van der Waals surface area contributed by atoms with E-state index in [0.717, 1.165) is 5.56 Å². The van der Waals surface area contributed by atoms with Crippen molar-refractivity contribution in [1.82, 2.24) is 24.5 Å². The number of aliphatic hydroxyl groups excluding tert-OH is 1. The third-order valence-electron chi connectivity index (χ3n) is 5.75. The lowest BCUT2D eigenvalue weighted by atomic mass is 9.96.